The molecule has 0 saturated heterocycles. The van der Waals surface area contributed by atoms with Crippen LogP contribution in [0.2, 0.25) is 0 Å². The molecule has 0 aliphatic carbocycles. The SMILES string of the molecule is C=CC(=O)OCCCCOCC(O)CSc1n[nH]c(=S)s1.CCN(CC)CC. The van der Waals surface area contributed by atoms with E-state index < -0.39 is 12.1 Å². The molecule has 0 aliphatic heterocycles. The highest BCUT2D eigenvalue weighted by Crippen LogP contribution is 2.20. The summed E-state index contributed by atoms with van der Waals surface area (Å²) in [5.74, 6) is 0.0950. The second kappa shape index (κ2) is 18.3. The Morgan fingerprint density at radius 3 is 2.50 bits per heavy atom. The number of unbranched alkanes of at least 4 members (excludes halogenated alkanes) is 1. The van der Waals surface area contributed by atoms with Gasteiger partial charge in [0.15, 0.2) is 8.29 Å². The van der Waals surface area contributed by atoms with Gasteiger partial charge in [0.25, 0.3) is 0 Å². The van der Waals surface area contributed by atoms with E-state index in [9.17, 15) is 9.90 Å². The first kappa shape index (κ1) is 27.2. The van der Waals surface area contributed by atoms with Crippen LogP contribution in [0, 0.1) is 3.95 Å². The van der Waals surface area contributed by atoms with Crippen LogP contribution in [0.25, 0.3) is 0 Å². The molecule has 0 saturated carbocycles. The van der Waals surface area contributed by atoms with Crippen molar-refractivity contribution in [3.05, 3.63) is 16.6 Å². The van der Waals surface area contributed by atoms with Crippen LogP contribution >= 0.6 is 35.3 Å². The number of thioether (sulfide) groups is 1. The van der Waals surface area contributed by atoms with E-state index in [0.29, 0.717) is 22.9 Å². The summed E-state index contributed by atoms with van der Waals surface area (Å²) in [6.07, 6.45) is 2.08. The fraction of sp³-hybridized carbons (Fsp3) is 0.722. The Bertz CT molecular complexity index is 571. The molecule has 28 heavy (non-hydrogen) atoms. The van der Waals surface area contributed by atoms with Gasteiger partial charge < -0.3 is 19.5 Å². The molecule has 0 aliphatic rings. The van der Waals surface area contributed by atoms with Crippen LogP contribution in [0.1, 0.15) is 33.6 Å². The molecule has 0 amide bonds. The summed E-state index contributed by atoms with van der Waals surface area (Å²) in [6, 6.07) is 0. The van der Waals surface area contributed by atoms with E-state index in [-0.39, 0.29) is 6.61 Å². The van der Waals surface area contributed by atoms with Gasteiger partial charge in [-0.3, -0.25) is 5.10 Å². The third-order valence-corrected chi connectivity index (χ3v) is 5.94. The van der Waals surface area contributed by atoms with Crippen molar-refractivity contribution in [2.24, 2.45) is 0 Å². The molecule has 0 spiro atoms. The van der Waals surface area contributed by atoms with Crippen LogP contribution in [-0.4, -0.2) is 77.5 Å². The second-order valence-corrected chi connectivity index (χ2v) is 8.55. The van der Waals surface area contributed by atoms with Crippen molar-refractivity contribution in [2.45, 2.75) is 44.1 Å². The molecule has 0 bridgehead atoms. The number of nitrogens with zero attached hydrogens (tertiary/aromatic N) is 2. The van der Waals surface area contributed by atoms with Gasteiger partial charge in [-0.2, -0.15) is 5.10 Å². The van der Waals surface area contributed by atoms with Crippen molar-refractivity contribution in [3.8, 4) is 0 Å². The summed E-state index contributed by atoms with van der Waals surface area (Å²) in [7, 11) is 0. The number of esters is 1. The third-order valence-electron chi connectivity index (χ3n) is 3.56. The molecule has 1 aromatic rings. The number of ether oxygens (including phenoxy) is 2. The zero-order valence-corrected chi connectivity index (χ0v) is 19.5. The predicted octanol–water partition coefficient (Wildman–Crippen LogP) is 3.53. The van der Waals surface area contributed by atoms with Gasteiger partial charge in [-0.1, -0.05) is 50.4 Å². The first-order valence-electron chi connectivity index (χ1n) is 9.42. The first-order valence-corrected chi connectivity index (χ1v) is 11.6. The molecule has 1 rings (SSSR count). The Balaban J connectivity index is 0.000000887. The van der Waals surface area contributed by atoms with E-state index in [1.807, 2.05) is 0 Å². The number of hydrogen-bond donors (Lipinski definition) is 2. The zero-order valence-electron chi connectivity index (χ0n) is 17.0. The molecule has 0 aromatic carbocycles. The topological polar surface area (TPSA) is 87.7 Å². The van der Waals surface area contributed by atoms with Crippen LogP contribution in [0.3, 0.4) is 0 Å². The van der Waals surface area contributed by atoms with Crippen LogP contribution in [-0.2, 0) is 14.3 Å². The molecular formula is C18H33N3O4S3. The number of hydrogen-bond acceptors (Lipinski definition) is 9. The molecule has 1 heterocycles. The Morgan fingerprint density at radius 1 is 1.36 bits per heavy atom. The largest absolute Gasteiger partial charge is 0.463 e. The molecule has 2 N–H and O–H groups in total. The Hall–Kier alpha value is -0.780. The quantitative estimate of drug-likeness (QED) is 0.146. The van der Waals surface area contributed by atoms with Crippen LogP contribution in [0.4, 0.5) is 0 Å². The molecule has 10 heteroatoms. The second-order valence-electron chi connectivity index (χ2n) is 5.62. The van der Waals surface area contributed by atoms with Gasteiger partial charge in [-0.15, -0.1) is 0 Å². The highest BCUT2D eigenvalue weighted by atomic mass is 32.2. The molecule has 7 nitrogen and oxygen atoms in total. The van der Waals surface area contributed by atoms with Crippen molar-refractivity contribution in [1.29, 1.82) is 0 Å². The number of carbonyl (C=O) groups excluding carboxylic acids is 1. The fourth-order valence-corrected chi connectivity index (χ4v) is 3.93. The highest BCUT2D eigenvalue weighted by Gasteiger charge is 2.07. The van der Waals surface area contributed by atoms with Gasteiger partial charge in [0.05, 0.1) is 19.3 Å². The molecule has 1 unspecified atom stereocenters. The third kappa shape index (κ3) is 15.2. The lowest BCUT2D eigenvalue weighted by Crippen LogP contribution is -2.21. The van der Waals surface area contributed by atoms with Crippen LogP contribution < -0.4 is 0 Å². The molecule has 0 fully saturated rings. The minimum Gasteiger partial charge on any atom is -0.463 e. The number of rotatable bonds is 14. The number of H-pyrrole nitrogens is 1. The lowest BCUT2D eigenvalue weighted by molar-refractivity contribution is -0.137. The Morgan fingerprint density at radius 2 is 2.00 bits per heavy atom. The van der Waals surface area contributed by atoms with E-state index >= 15 is 0 Å². The Kier molecular flexibility index (Phi) is 17.8. The summed E-state index contributed by atoms with van der Waals surface area (Å²) >= 11 is 7.74. The summed E-state index contributed by atoms with van der Waals surface area (Å²) in [6.45, 7) is 14.6. The van der Waals surface area contributed by atoms with Gasteiger partial charge in [0, 0.05) is 18.4 Å². The predicted molar refractivity (Wildman–Crippen MR) is 119 cm³/mol. The number of aromatic amines is 1. The fourth-order valence-electron chi connectivity index (χ4n) is 1.92. The normalized spacial score (nSPS) is 11.6. The average molecular weight is 452 g/mol. The van der Waals surface area contributed by atoms with Gasteiger partial charge in [-0.05, 0) is 44.7 Å². The maximum atomic E-state index is 10.8. The summed E-state index contributed by atoms with van der Waals surface area (Å²) < 4.78 is 11.6. The minimum atomic E-state index is -0.550. The number of aromatic nitrogens is 2. The van der Waals surface area contributed by atoms with Gasteiger partial charge >= 0.3 is 5.97 Å². The standard InChI is InChI=1S/C12H18N2O4S3.C6H15N/c1-2-10(16)18-6-4-3-5-17-7-9(15)8-20-12-14-13-11(19)21-12;1-4-7(5-2)6-3/h2,9,15H,1,3-8H2,(H,13,19);4-6H2,1-3H3. The molecule has 1 aromatic heterocycles. The van der Waals surface area contributed by atoms with Gasteiger partial charge in [-0.25, -0.2) is 4.79 Å². The van der Waals surface area contributed by atoms with E-state index in [4.69, 9.17) is 21.7 Å². The summed E-state index contributed by atoms with van der Waals surface area (Å²) in [5, 5.41) is 16.4. The van der Waals surface area contributed by atoms with E-state index in [2.05, 4.69) is 42.4 Å². The van der Waals surface area contributed by atoms with E-state index in [1.54, 1.807) is 0 Å². The zero-order chi connectivity index (χ0) is 21.2. The van der Waals surface area contributed by atoms with Crippen molar-refractivity contribution in [1.82, 2.24) is 15.1 Å². The van der Waals surface area contributed by atoms with Crippen molar-refractivity contribution >= 4 is 41.3 Å². The lowest BCUT2D eigenvalue weighted by atomic mass is 10.3. The summed E-state index contributed by atoms with van der Waals surface area (Å²) in [5.41, 5.74) is 0. The van der Waals surface area contributed by atoms with Crippen molar-refractivity contribution in [2.75, 3.05) is 45.2 Å². The Labute approximate surface area is 181 Å². The molecule has 0 radical (unpaired) electrons. The number of aliphatic hydroxyl groups excluding tert-OH is 1. The number of nitrogens with one attached hydrogen (secondary N) is 1. The minimum absolute atomic E-state index is 0.273. The number of carbonyl (C=O) groups is 1. The first-order chi connectivity index (χ1) is 13.5. The summed E-state index contributed by atoms with van der Waals surface area (Å²) in [4.78, 5) is 13.1. The molecule has 1 atom stereocenters. The highest BCUT2D eigenvalue weighted by molar-refractivity contribution is 8.01. The van der Waals surface area contributed by atoms with Crippen molar-refractivity contribution in [3.63, 3.8) is 0 Å². The van der Waals surface area contributed by atoms with Crippen LogP contribution in [0.5, 0.6) is 0 Å². The maximum Gasteiger partial charge on any atom is 0.330 e. The number of aliphatic hydroxyl groups is 1. The smallest absolute Gasteiger partial charge is 0.330 e. The van der Waals surface area contributed by atoms with E-state index in [1.165, 1.54) is 42.7 Å². The van der Waals surface area contributed by atoms with Crippen LogP contribution in [0.15, 0.2) is 17.0 Å². The molecular weight excluding hydrogens is 418 g/mol. The average Bonchev–Trinajstić information content (AvgIpc) is 3.12. The van der Waals surface area contributed by atoms with Gasteiger partial charge in [0.2, 0.25) is 0 Å². The lowest BCUT2D eigenvalue weighted by Gasteiger charge is -2.13. The monoisotopic (exact) mass is 451 g/mol. The van der Waals surface area contributed by atoms with Gasteiger partial charge in [0.1, 0.15) is 0 Å². The molecule has 162 valence electrons. The van der Waals surface area contributed by atoms with Crippen molar-refractivity contribution < 1.29 is 19.4 Å². The maximum absolute atomic E-state index is 10.8. The van der Waals surface area contributed by atoms with E-state index in [0.717, 1.165) is 23.3 Å².